The van der Waals surface area contributed by atoms with Gasteiger partial charge in [-0.15, -0.1) is 23.0 Å². The number of terminal acetylenes is 1. The van der Waals surface area contributed by atoms with Gasteiger partial charge in [0.1, 0.15) is 5.69 Å². The summed E-state index contributed by atoms with van der Waals surface area (Å²) in [4.78, 5) is 20.2. The standard InChI is InChI=1S/C22H19F3N8O.C4H8.C2H2/c1-15(6-9-32-10-8-27-14-32)21(34)28-19-4-5-20(30-29-19)33-18(22(23,24)25)12-17(31-33)11-16-3-2-7-26-13-16;1-3-4-2;1-2/h2-8,10,12-14H,9,11H2,1H3,(H,28,29,34);3-4H,1-2H3;1-2H/b15-6+;4-3-;. The Bertz CT molecular complexity index is 1400. The van der Waals surface area contributed by atoms with E-state index in [0.717, 1.165) is 11.6 Å². The highest BCUT2D eigenvalue weighted by atomic mass is 19.4. The molecule has 9 nitrogen and oxygen atoms in total. The van der Waals surface area contributed by atoms with Gasteiger partial charge in [-0.2, -0.15) is 18.3 Å². The van der Waals surface area contributed by atoms with Crippen molar-refractivity contribution in [2.45, 2.75) is 39.9 Å². The smallest absolute Gasteiger partial charge is 0.334 e. The molecule has 40 heavy (non-hydrogen) atoms. The van der Waals surface area contributed by atoms with Crippen LogP contribution in [0.15, 0.2) is 85.2 Å². The number of imidazole rings is 1. The molecule has 0 aliphatic carbocycles. The second kappa shape index (κ2) is 15.4. The molecule has 0 aromatic carbocycles. The topological polar surface area (TPSA) is 103 Å². The third-order valence-electron chi connectivity index (χ3n) is 5.13. The first-order valence-corrected chi connectivity index (χ1v) is 11.9. The number of halogens is 3. The summed E-state index contributed by atoms with van der Waals surface area (Å²) in [6, 6.07) is 7.10. The zero-order valence-corrected chi connectivity index (χ0v) is 22.2. The Hall–Kier alpha value is -5.05. The van der Waals surface area contributed by atoms with E-state index in [0.29, 0.717) is 16.8 Å². The highest BCUT2D eigenvalue weighted by Crippen LogP contribution is 2.31. The maximum absolute atomic E-state index is 13.6. The number of carbonyl (C=O) groups excluding carboxylic acids is 1. The van der Waals surface area contributed by atoms with Gasteiger partial charge in [0.15, 0.2) is 11.6 Å². The van der Waals surface area contributed by atoms with Crippen molar-refractivity contribution in [1.29, 1.82) is 0 Å². The van der Waals surface area contributed by atoms with Crippen LogP contribution in [0.3, 0.4) is 0 Å². The predicted molar refractivity (Wildman–Crippen MR) is 146 cm³/mol. The summed E-state index contributed by atoms with van der Waals surface area (Å²) in [6.07, 6.45) is 17.4. The van der Waals surface area contributed by atoms with E-state index in [9.17, 15) is 18.0 Å². The molecule has 1 N–H and O–H groups in total. The Morgan fingerprint density at radius 3 is 2.38 bits per heavy atom. The molecule has 4 rings (SSSR count). The van der Waals surface area contributed by atoms with E-state index in [1.54, 1.807) is 60.8 Å². The molecular weight excluding hydrogens is 521 g/mol. The maximum atomic E-state index is 13.6. The molecule has 0 atom stereocenters. The van der Waals surface area contributed by atoms with E-state index < -0.39 is 17.8 Å². The maximum Gasteiger partial charge on any atom is 0.433 e. The van der Waals surface area contributed by atoms with Crippen LogP contribution < -0.4 is 5.32 Å². The molecule has 1 amide bonds. The van der Waals surface area contributed by atoms with Crippen LogP contribution in [0.25, 0.3) is 5.82 Å². The molecule has 4 aromatic heterocycles. The van der Waals surface area contributed by atoms with Gasteiger partial charge in [0, 0.05) is 43.3 Å². The first-order chi connectivity index (χ1) is 19.2. The van der Waals surface area contributed by atoms with Crippen molar-refractivity contribution >= 4 is 11.7 Å². The molecule has 0 bridgehead atoms. The molecule has 0 saturated carbocycles. The summed E-state index contributed by atoms with van der Waals surface area (Å²) in [5.74, 6) is -0.438. The van der Waals surface area contributed by atoms with Gasteiger partial charge in [0.2, 0.25) is 0 Å². The number of anilines is 1. The second-order valence-electron chi connectivity index (χ2n) is 8.01. The highest BCUT2D eigenvalue weighted by molar-refractivity contribution is 6.02. The van der Waals surface area contributed by atoms with Gasteiger partial charge in [0.05, 0.1) is 12.0 Å². The SMILES string of the molecule is C#C.C/C(=C\Cn1ccnc1)C(=O)Nc1ccc(-n2nc(Cc3cccnc3)cc2C(F)(F)F)nn1.C/C=C\C. The van der Waals surface area contributed by atoms with Gasteiger partial charge in [-0.25, -0.2) is 9.67 Å². The van der Waals surface area contributed by atoms with Gasteiger partial charge in [-0.1, -0.05) is 24.3 Å². The Morgan fingerprint density at radius 1 is 1.07 bits per heavy atom. The zero-order valence-electron chi connectivity index (χ0n) is 22.2. The van der Waals surface area contributed by atoms with Crippen LogP contribution in [0.2, 0.25) is 0 Å². The quantitative estimate of drug-likeness (QED) is 0.191. The van der Waals surface area contributed by atoms with E-state index in [1.807, 2.05) is 26.0 Å². The number of rotatable bonds is 7. The minimum atomic E-state index is -4.65. The Morgan fingerprint density at radius 2 is 1.82 bits per heavy atom. The number of alkyl halides is 3. The van der Waals surface area contributed by atoms with Crippen LogP contribution in [0.4, 0.5) is 19.0 Å². The lowest BCUT2D eigenvalue weighted by Gasteiger charge is -2.09. The highest BCUT2D eigenvalue weighted by Gasteiger charge is 2.36. The Balaban J connectivity index is 0.000000858. The van der Waals surface area contributed by atoms with E-state index in [-0.39, 0.29) is 23.8 Å². The number of hydrogen-bond acceptors (Lipinski definition) is 6. The molecule has 0 aliphatic heterocycles. The summed E-state index contributed by atoms with van der Waals surface area (Å²) in [7, 11) is 0. The van der Waals surface area contributed by atoms with Crippen molar-refractivity contribution in [3.63, 3.8) is 0 Å². The molecule has 0 fully saturated rings. The lowest BCUT2D eigenvalue weighted by molar-refractivity contribution is -0.142. The monoisotopic (exact) mass is 550 g/mol. The van der Waals surface area contributed by atoms with Crippen molar-refractivity contribution in [3.05, 3.63) is 102 Å². The van der Waals surface area contributed by atoms with Gasteiger partial charge >= 0.3 is 6.18 Å². The average Bonchev–Trinajstić information content (AvgIpc) is 3.64. The van der Waals surface area contributed by atoms with Crippen LogP contribution in [0.5, 0.6) is 0 Å². The fraction of sp³-hybridized carbons (Fsp3) is 0.214. The number of pyridine rings is 1. The third-order valence-corrected chi connectivity index (χ3v) is 5.13. The molecule has 12 heteroatoms. The van der Waals surface area contributed by atoms with Crippen LogP contribution in [0.1, 0.15) is 37.7 Å². The van der Waals surface area contributed by atoms with Crippen LogP contribution in [0, 0.1) is 12.8 Å². The predicted octanol–water partition coefficient (Wildman–Crippen LogP) is 5.28. The van der Waals surface area contributed by atoms with Crippen molar-refractivity contribution in [3.8, 4) is 18.7 Å². The number of nitrogens with zero attached hydrogens (tertiary/aromatic N) is 7. The van der Waals surface area contributed by atoms with E-state index in [4.69, 9.17) is 0 Å². The number of carbonyl (C=O) groups is 1. The molecular formula is C28H29F3N8O. The van der Waals surface area contributed by atoms with Crippen molar-refractivity contribution in [2.24, 2.45) is 0 Å². The molecule has 0 unspecified atom stereocenters. The normalized spacial score (nSPS) is 11.2. The number of allylic oxidation sites excluding steroid dienone is 3. The number of amides is 1. The fourth-order valence-corrected chi connectivity index (χ4v) is 3.05. The first-order valence-electron chi connectivity index (χ1n) is 11.9. The van der Waals surface area contributed by atoms with Gasteiger partial charge in [-0.05, 0) is 50.6 Å². The first kappa shape index (κ1) is 31.2. The lowest BCUT2D eigenvalue weighted by Crippen LogP contribution is -2.17. The van der Waals surface area contributed by atoms with Crippen LogP contribution in [-0.2, 0) is 23.9 Å². The Kier molecular flexibility index (Phi) is 12.0. The van der Waals surface area contributed by atoms with Crippen molar-refractivity contribution in [2.75, 3.05) is 5.32 Å². The van der Waals surface area contributed by atoms with E-state index in [2.05, 4.69) is 43.4 Å². The number of hydrogen-bond donors (Lipinski definition) is 1. The molecule has 4 aromatic rings. The lowest BCUT2D eigenvalue weighted by atomic mass is 10.1. The summed E-state index contributed by atoms with van der Waals surface area (Å²) < 4.78 is 43.3. The van der Waals surface area contributed by atoms with E-state index >= 15 is 0 Å². The Labute approximate surface area is 230 Å². The van der Waals surface area contributed by atoms with Crippen molar-refractivity contribution < 1.29 is 18.0 Å². The molecule has 208 valence electrons. The minimum absolute atomic E-state index is 0.0976. The molecule has 0 saturated heterocycles. The molecule has 0 radical (unpaired) electrons. The van der Waals surface area contributed by atoms with E-state index in [1.165, 1.54) is 12.1 Å². The van der Waals surface area contributed by atoms with Crippen molar-refractivity contribution in [1.82, 2.24) is 34.5 Å². The fourth-order valence-electron chi connectivity index (χ4n) is 3.05. The number of aromatic nitrogens is 7. The van der Waals surface area contributed by atoms with Crippen LogP contribution >= 0.6 is 0 Å². The molecule has 0 aliphatic rings. The number of nitrogens with one attached hydrogen (secondary N) is 1. The summed E-state index contributed by atoms with van der Waals surface area (Å²) in [5, 5.41) is 14.3. The largest absolute Gasteiger partial charge is 0.433 e. The summed E-state index contributed by atoms with van der Waals surface area (Å²) >= 11 is 0. The van der Waals surface area contributed by atoms with Gasteiger partial charge < -0.3 is 9.88 Å². The average molecular weight is 551 g/mol. The van der Waals surface area contributed by atoms with Gasteiger partial charge in [0.25, 0.3) is 5.91 Å². The van der Waals surface area contributed by atoms with Gasteiger partial charge in [-0.3, -0.25) is 9.78 Å². The summed E-state index contributed by atoms with van der Waals surface area (Å²) in [5.41, 5.74) is 0.390. The van der Waals surface area contributed by atoms with Crippen LogP contribution in [-0.4, -0.2) is 40.4 Å². The summed E-state index contributed by atoms with van der Waals surface area (Å²) in [6.45, 7) is 6.10. The second-order valence-corrected chi connectivity index (χ2v) is 8.01. The molecule has 4 heterocycles. The molecule has 0 spiro atoms. The third kappa shape index (κ3) is 9.36. The minimum Gasteiger partial charge on any atom is -0.334 e. The zero-order chi connectivity index (χ0) is 29.5.